The van der Waals surface area contributed by atoms with E-state index in [2.05, 4.69) is 48.3 Å². The van der Waals surface area contributed by atoms with E-state index in [-0.39, 0.29) is 5.91 Å². The second-order valence-electron chi connectivity index (χ2n) is 5.70. The third-order valence-electron chi connectivity index (χ3n) is 3.88. The fraction of sp³-hybridized carbons (Fsp3) is 0.438. The molecule has 1 saturated heterocycles. The number of carbonyl (C=O) groups is 1. The van der Waals surface area contributed by atoms with Gasteiger partial charge in [-0.3, -0.25) is 10.1 Å². The number of anilines is 2. The number of rotatable bonds is 7. The monoisotopic (exact) mass is 457 g/mol. The van der Waals surface area contributed by atoms with Crippen molar-refractivity contribution in [1.82, 2.24) is 15.1 Å². The first kappa shape index (κ1) is 17.6. The number of benzene rings is 1. The average molecular weight is 457 g/mol. The molecule has 0 saturated carbocycles. The Bertz CT molecular complexity index is 669. The lowest BCUT2D eigenvalue weighted by atomic mass is 10.2. The van der Waals surface area contributed by atoms with Crippen molar-refractivity contribution in [3.05, 3.63) is 33.4 Å². The Morgan fingerprint density at radius 3 is 2.62 bits per heavy atom. The lowest BCUT2D eigenvalue weighted by molar-refractivity contribution is 0.102. The Labute approximate surface area is 159 Å². The molecule has 0 spiro atoms. The van der Waals surface area contributed by atoms with E-state index in [1.807, 2.05) is 12.1 Å². The normalized spacial score (nSPS) is 14.7. The van der Waals surface area contributed by atoms with Gasteiger partial charge in [0.25, 0.3) is 5.91 Å². The number of halogens is 1. The van der Waals surface area contributed by atoms with Crippen molar-refractivity contribution in [1.29, 1.82) is 0 Å². The number of aromatic nitrogens is 2. The van der Waals surface area contributed by atoms with Gasteiger partial charge in [-0.15, -0.1) is 10.2 Å². The molecule has 1 fully saturated rings. The van der Waals surface area contributed by atoms with Crippen LogP contribution in [-0.2, 0) is 0 Å². The molecule has 0 radical (unpaired) electrons. The summed E-state index contributed by atoms with van der Waals surface area (Å²) in [5.74, 6) is -0.164. The van der Waals surface area contributed by atoms with Crippen LogP contribution in [0.5, 0.6) is 0 Å². The summed E-state index contributed by atoms with van der Waals surface area (Å²) in [6, 6.07) is 7.41. The Balaban J connectivity index is 1.43. The minimum absolute atomic E-state index is 0.164. The van der Waals surface area contributed by atoms with Crippen molar-refractivity contribution in [2.75, 3.05) is 36.8 Å². The molecule has 128 valence electrons. The molecular weight excluding hydrogens is 437 g/mol. The van der Waals surface area contributed by atoms with Crippen molar-refractivity contribution in [2.45, 2.75) is 19.3 Å². The van der Waals surface area contributed by atoms with E-state index in [1.54, 1.807) is 12.1 Å². The molecule has 2 N–H and O–H groups in total. The van der Waals surface area contributed by atoms with Crippen molar-refractivity contribution >= 4 is 50.1 Å². The smallest absolute Gasteiger partial charge is 0.257 e. The molecule has 1 aromatic carbocycles. The summed E-state index contributed by atoms with van der Waals surface area (Å²) in [6.07, 6.45) is 3.74. The maximum absolute atomic E-state index is 12.1. The molecule has 3 rings (SSSR count). The van der Waals surface area contributed by atoms with Crippen LogP contribution in [0.1, 0.15) is 29.6 Å². The summed E-state index contributed by atoms with van der Waals surface area (Å²) < 4.78 is 1.10. The van der Waals surface area contributed by atoms with Gasteiger partial charge >= 0.3 is 0 Å². The van der Waals surface area contributed by atoms with E-state index in [0.717, 1.165) is 28.2 Å². The molecular formula is C16H20IN5OS. The Morgan fingerprint density at radius 1 is 1.17 bits per heavy atom. The molecule has 1 amide bonds. The summed E-state index contributed by atoms with van der Waals surface area (Å²) in [4.78, 5) is 14.6. The molecule has 1 aromatic heterocycles. The number of hydrogen-bond donors (Lipinski definition) is 2. The van der Waals surface area contributed by atoms with Gasteiger partial charge in [0.05, 0.1) is 0 Å². The van der Waals surface area contributed by atoms with Crippen LogP contribution in [0.15, 0.2) is 24.3 Å². The van der Waals surface area contributed by atoms with Gasteiger partial charge in [0.15, 0.2) is 0 Å². The lowest BCUT2D eigenvalue weighted by Crippen LogP contribution is -2.22. The highest BCUT2D eigenvalue weighted by molar-refractivity contribution is 14.1. The highest BCUT2D eigenvalue weighted by Gasteiger charge is 2.12. The van der Waals surface area contributed by atoms with E-state index in [0.29, 0.717) is 10.7 Å². The van der Waals surface area contributed by atoms with Crippen LogP contribution in [-0.4, -0.2) is 47.2 Å². The third-order valence-corrected chi connectivity index (χ3v) is 5.39. The summed E-state index contributed by atoms with van der Waals surface area (Å²) in [5, 5.41) is 15.4. The average Bonchev–Trinajstić information content (AvgIpc) is 3.24. The summed E-state index contributed by atoms with van der Waals surface area (Å²) in [7, 11) is 0. The zero-order valence-corrected chi connectivity index (χ0v) is 16.3. The quantitative estimate of drug-likeness (QED) is 0.494. The number of nitrogens with one attached hydrogen (secondary N) is 2. The van der Waals surface area contributed by atoms with Gasteiger partial charge in [-0.05, 0) is 85.8 Å². The lowest BCUT2D eigenvalue weighted by Gasteiger charge is -2.13. The zero-order valence-electron chi connectivity index (χ0n) is 13.3. The van der Waals surface area contributed by atoms with Crippen LogP contribution in [0.25, 0.3) is 0 Å². The predicted octanol–water partition coefficient (Wildman–Crippen LogP) is 3.29. The molecule has 0 unspecified atom stereocenters. The first-order valence-corrected chi connectivity index (χ1v) is 9.97. The molecule has 1 aliphatic rings. The molecule has 2 heterocycles. The van der Waals surface area contributed by atoms with Crippen LogP contribution < -0.4 is 10.6 Å². The summed E-state index contributed by atoms with van der Waals surface area (Å²) >= 11 is 3.57. The van der Waals surface area contributed by atoms with E-state index in [1.165, 1.54) is 37.3 Å². The van der Waals surface area contributed by atoms with Crippen LogP contribution in [0.3, 0.4) is 0 Å². The van der Waals surface area contributed by atoms with Crippen molar-refractivity contribution < 1.29 is 4.79 Å². The molecule has 1 aliphatic heterocycles. The van der Waals surface area contributed by atoms with Crippen LogP contribution >= 0.6 is 33.9 Å². The van der Waals surface area contributed by atoms with Crippen molar-refractivity contribution in [3.63, 3.8) is 0 Å². The van der Waals surface area contributed by atoms with E-state index < -0.39 is 0 Å². The summed E-state index contributed by atoms with van der Waals surface area (Å²) in [6.45, 7) is 4.46. The second kappa shape index (κ2) is 8.72. The summed E-state index contributed by atoms with van der Waals surface area (Å²) in [5.41, 5.74) is 0.616. The van der Waals surface area contributed by atoms with Gasteiger partial charge in [0, 0.05) is 15.7 Å². The SMILES string of the molecule is O=C(Nc1nnc(NCCCN2CCCC2)s1)c1ccc(I)cc1. The number of amides is 1. The van der Waals surface area contributed by atoms with E-state index in [4.69, 9.17) is 0 Å². The van der Waals surface area contributed by atoms with Gasteiger partial charge in [-0.25, -0.2) is 0 Å². The number of likely N-dealkylation sites (tertiary alicyclic amines) is 1. The van der Waals surface area contributed by atoms with Gasteiger partial charge in [-0.2, -0.15) is 0 Å². The molecule has 2 aromatic rings. The molecule has 0 atom stereocenters. The van der Waals surface area contributed by atoms with Gasteiger partial charge in [0.2, 0.25) is 10.3 Å². The Morgan fingerprint density at radius 2 is 1.88 bits per heavy atom. The molecule has 8 heteroatoms. The van der Waals surface area contributed by atoms with Crippen LogP contribution in [0.4, 0.5) is 10.3 Å². The standard InChI is InChI=1S/C16H20IN5OS/c17-13-6-4-12(5-7-13)14(23)19-16-21-20-15(24-16)18-8-3-11-22-9-1-2-10-22/h4-7H,1-3,8-11H2,(H,18,20)(H,19,21,23). The maximum Gasteiger partial charge on any atom is 0.257 e. The van der Waals surface area contributed by atoms with Crippen molar-refractivity contribution in [2.24, 2.45) is 0 Å². The minimum atomic E-state index is -0.164. The predicted molar refractivity (Wildman–Crippen MR) is 106 cm³/mol. The molecule has 0 bridgehead atoms. The van der Waals surface area contributed by atoms with Crippen LogP contribution in [0.2, 0.25) is 0 Å². The Hall–Kier alpha value is -1.26. The highest BCUT2D eigenvalue weighted by atomic mass is 127. The van der Waals surface area contributed by atoms with Gasteiger partial charge in [0.1, 0.15) is 0 Å². The van der Waals surface area contributed by atoms with E-state index in [9.17, 15) is 4.79 Å². The second-order valence-corrected chi connectivity index (χ2v) is 7.93. The fourth-order valence-corrected chi connectivity index (χ4v) is 3.64. The number of carbonyl (C=O) groups excluding carboxylic acids is 1. The number of nitrogens with zero attached hydrogens (tertiary/aromatic N) is 3. The zero-order chi connectivity index (χ0) is 16.8. The maximum atomic E-state index is 12.1. The van der Waals surface area contributed by atoms with Crippen LogP contribution in [0, 0.1) is 3.57 Å². The Kier molecular flexibility index (Phi) is 6.38. The van der Waals surface area contributed by atoms with E-state index >= 15 is 0 Å². The third kappa shape index (κ3) is 5.12. The first-order chi connectivity index (χ1) is 11.7. The van der Waals surface area contributed by atoms with Crippen molar-refractivity contribution in [3.8, 4) is 0 Å². The molecule has 6 nitrogen and oxygen atoms in total. The van der Waals surface area contributed by atoms with Gasteiger partial charge in [-0.1, -0.05) is 11.3 Å². The number of hydrogen-bond acceptors (Lipinski definition) is 6. The molecule has 24 heavy (non-hydrogen) atoms. The minimum Gasteiger partial charge on any atom is -0.360 e. The fourth-order valence-electron chi connectivity index (χ4n) is 2.62. The first-order valence-electron chi connectivity index (χ1n) is 8.07. The molecule has 0 aliphatic carbocycles. The topological polar surface area (TPSA) is 70.1 Å². The van der Waals surface area contributed by atoms with Gasteiger partial charge < -0.3 is 10.2 Å². The largest absolute Gasteiger partial charge is 0.360 e. The highest BCUT2D eigenvalue weighted by Crippen LogP contribution is 2.20.